The van der Waals surface area contributed by atoms with Crippen LogP contribution in [-0.2, 0) is 0 Å². The molecule has 0 spiro atoms. The van der Waals surface area contributed by atoms with E-state index in [9.17, 15) is 0 Å². The third-order valence-corrected chi connectivity index (χ3v) is 2.11. The second kappa shape index (κ2) is 3.14. The Bertz CT molecular complexity index is 439. The van der Waals surface area contributed by atoms with E-state index in [1.165, 1.54) is 0 Å². The molecule has 14 heavy (non-hydrogen) atoms. The molecule has 0 saturated heterocycles. The number of pyridine rings is 1. The van der Waals surface area contributed by atoms with Gasteiger partial charge in [0.1, 0.15) is 11.5 Å². The molecule has 0 radical (unpaired) electrons. The molecule has 0 fully saturated rings. The summed E-state index contributed by atoms with van der Waals surface area (Å²) in [6.45, 7) is 3.93. The zero-order chi connectivity index (χ0) is 10.1. The average Bonchev–Trinajstić information content (AvgIpc) is 2.51. The Morgan fingerprint density at radius 2 is 2.07 bits per heavy atom. The fourth-order valence-corrected chi connectivity index (χ4v) is 1.41. The van der Waals surface area contributed by atoms with E-state index in [1.807, 2.05) is 32.2 Å². The minimum Gasteiger partial charge on any atom is -0.382 e. The van der Waals surface area contributed by atoms with E-state index in [4.69, 9.17) is 5.73 Å². The molecule has 72 valence electrons. The van der Waals surface area contributed by atoms with Gasteiger partial charge in [0.15, 0.2) is 0 Å². The van der Waals surface area contributed by atoms with Gasteiger partial charge in [0, 0.05) is 12.4 Å². The number of nitrogens with zero attached hydrogens (tertiary/aromatic N) is 3. The summed E-state index contributed by atoms with van der Waals surface area (Å²) in [6, 6.07) is 3.86. The summed E-state index contributed by atoms with van der Waals surface area (Å²) >= 11 is 0. The Morgan fingerprint density at radius 1 is 1.29 bits per heavy atom. The number of anilines is 1. The molecule has 0 atom stereocenters. The molecule has 0 aliphatic rings. The maximum atomic E-state index is 5.79. The van der Waals surface area contributed by atoms with Gasteiger partial charge in [-0.3, -0.25) is 0 Å². The zero-order valence-electron chi connectivity index (χ0n) is 8.23. The van der Waals surface area contributed by atoms with Crippen molar-refractivity contribution in [3.05, 3.63) is 35.8 Å². The molecule has 0 aromatic carbocycles. The Hall–Kier alpha value is -1.84. The van der Waals surface area contributed by atoms with Gasteiger partial charge in [0.05, 0.1) is 5.69 Å². The predicted octanol–water partition coefficient (Wildman–Crippen LogP) is 1.47. The lowest BCUT2D eigenvalue weighted by molar-refractivity contribution is 0.853. The van der Waals surface area contributed by atoms with Crippen LogP contribution in [-0.4, -0.2) is 14.8 Å². The molecular weight excluding hydrogens is 176 g/mol. The highest BCUT2D eigenvalue weighted by Gasteiger charge is 2.06. The highest BCUT2D eigenvalue weighted by Crippen LogP contribution is 2.17. The molecule has 0 bridgehead atoms. The van der Waals surface area contributed by atoms with Crippen molar-refractivity contribution in [2.45, 2.75) is 13.8 Å². The summed E-state index contributed by atoms with van der Waals surface area (Å²) in [4.78, 5) is 4.04. The fraction of sp³-hybridized carbons (Fsp3) is 0.200. The monoisotopic (exact) mass is 188 g/mol. The van der Waals surface area contributed by atoms with Gasteiger partial charge in [-0.15, -0.1) is 0 Å². The SMILES string of the molecule is Cc1ccn(-c2c(C)ccnc2N)n1. The number of hydrogen-bond acceptors (Lipinski definition) is 3. The minimum atomic E-state index is 0.508. The van der Waals surface area contributed by atoms with Crippen LogP contribution in [0.1, 0.15) is 11.3 Å². The van der Waals surface area contributed by atoms with E-state index < -0.39 is 0 Å². The molecule has 2 aromatic rings. The molecule has 0 aliphatic carbocycles. The molecule has 2 aromatic heterocycles. The third-order valence-electron chi connectivity index (χ3n) is 2.11. The molecular formula is C10H12N4. The average molecular weight is 188 g/mol. The van der Waals surface area contributed by atoms with E-state index in [1.54, 1.807) is 10.9 Å². The topological polar surface area (TPSA) is 56.7 Å². The fourth-order valence-electron chi connectivity index (χ4n) is 1.41. The standard InChI is InChI=1S/C10H12N4/c1-7-3-5-12-10(11)9(7)14-6-4-8(2)13-14/h3-6H,1-2H3,(H2,11,12). The van der Waals surface area contributed by atoms with Gasteiger partial charge in [-0.1, -0.05) is 0 Å². The van der Waals surface area contributed by atoms with Crippen LogP contribution in [0.25, 0.3) is 5.69 Å². The summed E-state index contributed by atoms with van der Waals surface area (Å²) in [5.74, 6) is 0.508. The Labute approximate surface area is 82.4 Å². The Morgan fingerprint density at radius 3 is 2.64 bits per heavy atom. The van der Waals surface area contributed by atoms with Crippen molar-refractivity contribution in [2.75, 3.05) is 5.73 Å². The van der Waals surface area contributed by atoms with E-state index in [0.29, 0.717) is 5.82 Å². The first kappa shape index (κ1) is 8.74. The van der Waals surface area contributed by atoms with E-state index in [2.05, 4.69) is 10.1 Å². The molecule has 0 unspecified atom stereocenters. The summed E-state index contributed by atoms with van der Waals surface area (Å²) in [7, 11) is 0. The minimum absolute atomic E-state index is 0.508. The number of aromatic nitrogens is 3. The highest BCUT2D eigenvalue weighted by atomic mass is 15.3. The summed E-state index contributed by atoms with van der Waals surface area (Å²) in [5.41, 5.74) is 8.69. The van der Waals surface area contributed by atoms with Crippen LogP contribution in [0.5, 0.6) is 0 Å². The maximum absolute atomic E-state index is 5.79. The van der Waals surface area contributed by atoms with Crippen LogP contribution >= 0.6 is 0 Å². The van der Waals surface area contributed by atoms with E-state index in [0.717, 1.165) is 16.9 Å². The molecule has 4 nitrogen and oxygen atoms in total. The highest BCUT2D eigenvalue weighted by molar-refractivity contribution is 5.56. The predicted molar refractivity (Wildman–Crippen MR) is 55.2 cm³/mol. The van der Waals surface area contributed by atoms with Crippen molar-refractivity contribution >= 4 is 5.82 Å². The quantitative estimate of drug-likeness (QED) is 0.737. The van der Waals surface area contributed by atoms with Crippen LogP contribution in [0.2, 0.25) is 0 Å². The van der Waals surface area contributed by atoms with Gasteiger partial charge >= 0.3 is 0 Å². The first-order valence-corrected chi connectivity index (χ1v) is 4.42. The number of rotatable bonds is 1. The normalized spacial score (nSPS) is 10.4. The number of hydrogen-bond donors (Lipinski definition) is 1. The van der Waals surface area contributed by atoms with Crippen molar-refractivity contribution in [2.24, 2.45) is 0 Å². The molecule has 0 aliphatic heterocycles. The van der Waals surface area contributed by atoms with Crippen molar-refractivity contribution in [3.8, 4) is 5.69 Å². The van der Waals surface area contributed by atoms with Crippen LogP contribution in [0.3, 0.4) is 0 Å². The van der Waals surface area contributed by atoms with E-state index in [-0.39, 0.29) is 0 Å². The van der Waals surface area contributed by atoms with Gasteiger partial charge < -0.3 is 5.73 Å². The number of nitrogens with two attached hydrogens (primary N) is 1. The summed E-state index contributed by atoms with van der Waals surface area (Å²) in [6.07, 6.45) is 3.58. The van der Waals surface area contributed by atoms with Gasteiger partial charge in [0.2, 0.25) is 0 Å². The Kier molecular flexibility index (Phi) is 1.96. The molecule has 4 heteroatoms. The lowest BCUT2D eigenvalue weighted by atomic mass is 10.2. The smallest absolute Gasteiger partial charge is 0.149 e. The summed E-state index contributed by atoms with van der Waals surface area (Å²) < 4.78 is 1.76. The molecule has 0 amide bonds. The lowest BCUT2D eigenvalue weighted by Crippen LogP contribution is -2.04. The second-order valence-corrected chi connectivity index (χ2v) is 3.26. The maximum Gasteiger partial charge on any atom is 0.149 e. The van der Waals surface area contributed by atoms with Gasteiger partial charge in [-0.25, -0.2) is 9.67 Å². The van der Waals surface area contributed by atoms with Gasteiger partial charge in [0.25, 0.3) is 0 Å². The first-order chi connectivity index (χ1) is 6.68. The first-order valence-electron chi connectivity index (χ1n) is 4.42. The van der Waals surface area contributed by atoms with Crippen molar-refractivity contribution in [1.82, 2.24) is 14.8 Å². The number of aryl methyl sites for hydroxylation is 2. The molecule has 2 N–H and O–H groups in total. The molecule has 2 heterocycles. The van der Waals surface area contributed by atoms with Crippen molar-refractivity contribution in [1.29, 1.82) is 0 Å². The largest absolute Gasteiger partial charge is 0.382 e. The van der Waals surface area contributed by atoms with Crippen LogP contribution in [0.15, 0.2) is 24.5 Å². The molecule has 0 saturated carbocycles. The van der Waals surface area contributed by atoms with Crippen LogP contribution < -0.4 is 5.73 Å². The Balaban J connectivity index is 2.61. The number of nitrogen functional groups attached to an aromatic ring is 1. The van der Waals surface area contributed by atoms with E-state index >= 15 is 0 Å². The van der Waals surface area contributed by atoms with Gasteiger partial charge in [-0.05, 0) is 31.5 Å². The lowest BCUT2D eigenvalue weighted by Gasteiger charge is -2.07. The van der Waals surface area contributed by atoms with Crippen LogP contribution in [0.4, 0.5) is 5.82 Å². The summed E-state index contributed by atoms with van der Waals surface area (Å²) in [5, 5.41) is 4.30. The van der Waals surface area contributed by atoms with Crippen molar-refractivity contribution < 1.29 is 0 Å². The zero-order valence-corrected chi connectivity index (χ0v) is 8.23. The third kappa shape index (κ3) is 1.35. The molecule has 2 rings (SSSR count). The van der Waals surface area contributed by atoms with Crippen molar-refractivity contribution in [3.63, 3.8) is 0 Å². The van der Waals surface area contributed by atoms with Crippen LogP contribution in [0, 0.1) is 13.8 Å². The second-order valence-electron chi connectivity index (χ2n) is 3.26. The van der Waals surface area contributed by atoms with Gasteiger partial charge in [-0.2, -0.15) is 5.10 Å².